The van der Waals surface area contributed by atoms with Crippen molar-refractivity contribution in [3.63, 3.8) is 0 Å². The normalized spacial score (nSPS) is 14.8. The van der Waals surface area contributed by atoms with Gasteiger partial charge in [-0.2, -0.15) is 0 Å². The third-order valence-electron chi connectivity index (χ3n) is 3.34. The topological polar surface area (TPSA) is 0 Å². The molecule has 0 radical (unpaired) electrons. The molecule has 0 amide bonds. The van der Waals surface area contributed by atoms with E-state index in [9.17, 15) is 0 Å². The van der Waals surface area contributed by atoms with Crippen LogP contribution in [0, 0.1) is 5.41 Å². The van der Waals surface area contributed by atoms with Crippen LogP contribution in [0.3, 0.4) is 0 Å². The molecule has 19 heavy (non-hydrogen) atoms. The van der Waals surface area contributed by atoms with E-state index in [1.807, 2.05) is 0 Å². The van der Waals surface area contributed by atoms with E-state index in [1.54, 1.807) is 11.1 Å². The minimum absolute atomic E-state index is 0.397. The van der Waals surface area contributed by atoms with E-state index in [2.05, 4.69) is 59.7 Å². The third kappa shape index (κ3) is 5.80. The molecule has 2 rings (SSSR count). The largest absolute Gasteiger partial charge is 0.0656 e. The van der Waals surface area contributed by atoms with Gasteiger partial charge >= 0.3 is 0 Å². The van der Waals surface area contributed by atoms with Crippen LogP contribution in [0.15, 0.2) is 18.2 Å². The lowest BCUT2D eigenvalue weighted by Gasteiger charge is -2.19. The first-order valence-electron chi connectivity index (χ1n) is 8.03. The van der Waals surface area contributed by atoms with E-state index in [-0.39, 0.29) is 0 Å². The number of rotatable bonds is 3. The highest BCUT2D eigenvalue weighted by Crippen LogP contribution is 2.42. The molecule has 0 aliphatic heterocycles. The van der Waals surface area contributed by atoms with E-state index in [1.165, 1.54) is 37.7 Å². The van der Waals surface area contributed by atoms with Gasteiger partial charge in [0, 0.05) is 0 Å². The molecule has 108 valence electrons. The van der Waals surface area contributed by atoms with Crippen molar-refractivity contribution in [2.45, 2.75) is 79.6 Å². The second kappa shape index (κ2) is 7.12. The van der Waals surface area contributed by atoms with E-state index < -0.39 is 0 Å². The van der Waals surface area contributed by atoms with Crippen LogP contribution in [0.2, 0.25) is 0 Å². The number of hydrogen-bond donors (Lipinski definition) is 0. The molecule has 1 aliphatic rings. The Hall–Kier alpha value is -0.780. The van der Waals surface area contributed by atoms with Gasteiger partial charge in [-0.3, -0.25) is 0 Å². The van der Waals surface area contributed by atoms with E-state index >= 15 is 0 Å². The highest BCUT2D eigenvalue weighted by atomic mass is 14.3. The molecule has 1 saturated carbocycles. The summed E-state index contributed by atoms with van der Waals surface area (Å²) in [6.45, 7) is 13.5. The Labute approximate surface area is 120 Å². The average molecular weight is 260 g/mol. The fourth-order valence-corrected chi connectivity index (χ4v) is 2.46. The minimum atomic E-state index is 0.397. The molecular weight excluding hydrogens is 228 g/mol. The van der Waals surface area contributed by atoms with Gasteiger partial charge in [0.05, 0.1) is 0 Å². The quantitative estimate of drug-likeness (QED) is 0.613. The maximum Gasteiger partial charge on any atom is -0.0159 e. The number of hydrogen-bond acceptors (Lipinski definition) is 0. The summed E-state index contributed by atoms with van der Waals surface area (Å²) >= 11 is 0. The number of aryl methyl sites for hydroxylation is 1. The monoisotopic (exact) mass is 260 g/mol. The maximum absolute atomic E-state index is 2.47. The van der Waals surface area contributed by atoms with Gasteiger partial charge in [0.2, 0.25) is 0 Å². The Morgan fingerprint density at radius 1 is 1.05 bits per heavy atom. The molecule has 1 fully saturated rings. The van der Waals surface area contributed by atoms with Gasteiger partial charge in [0.15, 0.2) is 0 Å². The molecule has 1 aromatic rings. The Kier molecular flexibility index (Phi) is 6.10. The van der Waals surface area contributed by atoms with Crippen molar-refractivity contribution >= 4 is 0 Å². The van der Waals surface area contributed by atoms with Gasteiger partial charge < -0.3 is 0 Å². The second-order valence-electron chi connectivity index (χ2n) is 7.11. The average Bonchev–Trinajstić information content (AvgIpc) is 3.11. The third-order valence-corrected chi connectivity index (χ3v) is 3.34. The smallest absolute Gasteiger partial charge is 0.0159 e. The van der Waals surface area contributed by atoms with Gasteiger partial charge in [0.25, 0.3) is 0 Å². The van der Waals surface area contributed by atoms with Gasteiger partial charge in [-0.1, -0.05) is 66.2 Å². The molecule has 0 N–H and O–H groups in total. The van der Waals surface area contributed by atoms with Crippen LogP contribution in [0.1, 0.15) is 83.4 Å². The van der Waals surface area contributed by atoms with Crippen LogP contribution in [0.25, 0.3) is 0 Å². The first-order chi connectivity index (χ1) is 8.91. The molecule has 0 spiro atoms. The van der Waals surface area contributed by atoms with Crippen molar-refractivity contribution in [1.29, 1.82) is 0 Å². The summed E-state index contributed by atoms with van der Waals surface area (Å²) in [6, 6.07) is 7.16. The zero-order valence-corrected chi connectivity index (χ0v) is 13.8. The molecule has 0 nitrogen and oxygen atoms in total. The Balaban J connectivity index is 0.000000550. The summed E-state index contributed by atoms with van der Waals surface area (Å²) in [7, 11) is 0. The summed E-state index contributed by atoms with van der Waals surface area (Å²) in [5.74, 6) is 0.884. The molecule has 0 heterocycles. The van der Waals surface area contributed by atoms with Crippen molar-refractivity contribution in [2.75, 3.05) is 0 Å². The van der Waals surface area contributed by atoms with Crippen molar-refractivity contribution < 1.29 is 0 Å². The van der Waals surface area contributed by atoms with Crippen LogP contribution < -0.4 is 0 Å². The molecular formula is C19H32. The second-order valence-corrected chi connectivity index (χ2v) is 7.11. The number of benzene rings is 1. The van der Waals surface area contributed by atoms with Crippen LogP contribution in [-0.2, 0) is 12.8 Å². The molecule has 1 aromatic carbocycles. The van der Waals surface area contributed by atoms with Gasteiger partial charge in [-0.15, -0.1) is 0 Å². The van der Waals surface area contributed by atoms with Crippen LogP contribution >= 0.6 is 0 Å². The molecule has 0 saturated heterocycles. The minimum Gasteiger partial charge on any atom is -0.0656 e. The summed E-state index contributed by atoms with van der Waals surface area (Å²) in [5, 5.41) is 0. The molecule has 0 heteroatoms. The zero-order chi connectivity index (χ0) is 14.5. The molecule has 1 aliphatic carbocycles. The van der Waals surface area contributed by atoms with Crippen LogP contribution in [-0.4, -0.2) is 0 Å². The van der Waals surface area contributed by atoms with Crippen molar-refractivity contribution in [2.24, 2.45) is 5.41 Å². The summed E-state index contributed by atoms with van der Waals surface area (Å²) < 4.78 is 0. The predicted molar refractivity (Wildman–Crippen MR) is 86.9 cm³/mol. The van der Waals surface area contributed by atoms with Gasteiger partial charge in [0.1, 0.15) is 0 Å². The Bertz CT molecular complexity index is 378. The SMILES string of the molecule is CCC.CCc1ccc(CC(C)(C)C)cc1C1CC1. The zero-order valence-electron chi connectivity index (χ0n) is 13.8. The van der Waals surface area contributed by atoms with Crippen molar-refractivity contribution in [3.8, 4) is 0 Å². The van der Waals surface area contributed by atoms with Crippen LogP contribution in [0.4, 0.5) is 0 Å². The van der Waals surface area contributed by atoms with E-state index in [4.69, 9.17) is 0 Å². The van der Waals surface area contributed by atoms with E-state index in [0.29, 0.717) is 5.41 Å². The van der Waals surface area contributed by atoms with Crippen LogP contribution in [0.5, 0.6) is 0 Å². The molecule has 0 bridgehead atoms. The lowest BCUT2D eigenvalue weighted by atomic mass is 9.86. The Morgan fingerprint density at radius 2 is 1.63 bits per heavy atom. The van der Waals surface area contributed by atoms with Gasteiger partial charge in [-0.25, -0.2) is 0 Å². The van der Waals surface area contributed by atoms with Gasteiger partial charge in [-0.05, 0) is 53.7 Å². The fraction of sp³-hybridized carbons (Fsp3) is 0.684. The van der Waals surface area contributed by atoms with Crippen molar-refractivity contribution in [3.05, 3.63) is 34.9 Å². The lowest BCUT2D eigenvalue weighted by molar-refractivity contribution is 0.411. The van der Waals surface area contributed by atoms with Crippen molar-refractivity contribution in [1.82, 2.24) is 0 Å². The van der Waals surface area contributed by atoms with E-state index in [0.717, 1.165) is 5.92 Å². The summed E-state index contributed by atoms with van der Waals surface area (Å²) in [5.41, 5.74) is 5.13. The first kappa shape index (κ1) is 16.3. The first-order valence-corrected chi connectivity index (χ1v) is 8.03. The standard InChI is InChI=1S/C16H24.C3H8/c1-5-13-7-6-12(11-16(2,3)4)10-15(13)14-8-9-14;1-3-2/h6-7,10,14H,5,8-9,11H2,1-4H3;3H2,1-2H3. The molecule has 0 atom stereocenters. The molecule has 0 aromatic heterocycles. The summed E-state index contributed by atoms with van der Waals surface area (Å²) in [6.07, 6.45) is 6.44. The molecule has 0 unspecified atom stereocenters. The summed E-state index contributed by atoms with van der Waals surface area (Å²) in [4.78, 5) is 0. The maximum atomic E-state index is 2.47. The lowest BCUT2D eigenvalue weighted by Crippen LogP contribution is -2.09. The fourth-order valence-electron chi connectivity index (χ4n) is 2.46. The highest BCUT2D eigenvalue weighted by molar-refractivity contribution is 5.37. The highest BCUT2D eigenvalue weighted by Gasteiger charge is 2.26. The predicted octanol–water partition coefficient (Wildman–Crippen LogP) is 6.13. The Morgan fingerprint density at radius 3 is 2.05 bits per heavy atom.